The highest BCUT2D eigenvalue weighted by atomic mass is 16.3. The van der Waals surface area contributed by atoms with Crippen molar-refractivity contribution in [2.24, 2.45) is 0 Å². The molecule has 0 saturated carbocycles. The molecule has 0 aliphatic heterocycles. The number of aromatic hydroxyl groups is 1. The number of phenolic OH excluding ortho intramolecular Hbond substituents is 1. The standard InChI is InChI=1S/C15H15N3O3/c1-10(19)18(13-7-5-11(16)6-8-13)15(21)17-12-3-2-4-14(20)9-12/h2-9,20H,16H2,1H3,(H,17,21). The lowest BCUT2D eigenvalue weighted by atomic mass is 10.2. The molecule has 0 radical (unpaired) electrons. The Balaban J connectivity index is 2.24. The number of hydrogen-bond donors (Lipinski definition) is 3. The van der Waals surface area contributed by atoms with Crippen LogP contribution < -0.4 is 16.0 Å². The highest BCUT2D eigenvalue weighted by Crippen LogP contribution is 2.20. The van der Waals surface area contributed by atoms with E-state index in [9.17, 15) is 14.7 Å². The number of nitrogens with one attached hydrogen (secondary N) is 1. The number of carbonyl (C=O) groups is 2. The Kier molecular flexibility index (Phi) is 4.08. The van der Waals surface area contributed by atoms with Gasteiger partial charge in [0, 0.05) is 24.4 Å². The minimum atomic E-state index is -0.613. The van der Waals surface area contributed by atoms with Gasteiger partial charge < -0.3 is 16.2 Å². The average Bonchev–Trinajstić information content (AvgIpc) is 2.41. The van der Waals surface area contributed by atoms with E-state index in [0.717, 1.165) is 4.90 Å². The molecular weight excluding hydrogens is 270 g/mol. The molecule has 0 heterocycles. The van der Waals surface area contributed by atoms with E-state index in [1.807, 2.05) is 0 Å². The molecule has 0 saturated heterocycles. The van der Waals surface area contributed by atoms with Crippen LogP contribution >= 0.6 is 0 Å². The van der Waals surface area contributed by atoms with E-state index in [0.29, 0.717) is 17.1 Å². The summed E-state index contributed by atoms with van der Waals surface area (Å²) in [6, 6.07) is 11.8. The Hall–Kier alpha value is -3.02. The van der Waals surface area contributed by atoms with Crippen LogP contribution in [0.15, 0.2) is 48.5 Å². The molecule has 0 bridgehead atoms. The van der Waals surface area contributed by atoms with Crippen LogP contribution in [0.2, 0.25) is 0 Å². The first kappa shape index (κ1) is 14.4. The number of urea groups is 1. The minimum absolute atomic E-state index is 0.0228. The van der Waals surface area contributed by atoms with E-state index in [1.54, 1.807) is 36.4 Å². The monoisotopic (exact) mass is 285 g/mol. The van der Waals surface area contributed by atoms with E-state index in [-0.39, 0.29) is 5.75 Å². The average molecular weight is 285 g/mol. The number of nitrogen functional groups attached to an aromatic ring is 1. The van der Waals surface area contributed by atoms with Crippen LogP contribution in [0.4, 0.5) is 21.9 Å². The lowest BCUT2D eigenvalue weighted by Crippen LogP contribution is -2.38. The first-order valence-corrected chi connectivity index (χ1v) is 6.23. The molecule has 6 nitrogen and oxygen atoms in total. The Bertz CT molecular complexity index is 668. The third-order valence-corrected chi connectivity index (χ3v) is 2.77. The molecule has 0 aliphatic rings. The number of hydrogen-bond acceptors (Lipinski definition) is 4. The first-order chi connectivity index (χ1) is 9.97. The zero-order valence-corrected chi connectivity index (χ0v) is 11.4. The molecule has 0 fully saturated rings. The number of rotatable bonds is 2. The molecule has 2 aromatic rings. The van der Waals surface area contributed by atoms with Crippen LogP contribution in [0, 0.1) is 0 Å². The molecular formula is C15H15N3O3. The topological polar surface area (TPSA) is 95.7 Å². The van der Waals surface area contributed by atoms with Gasteiger partial charge in [-0.25, -0.2) is 9.69 Å². The van der Waals surface area contributed by atoms with Gasteiger partial charge in [0.1, 0.15) is 5.75 Å². The normalized spacial score (nSPS) is 9.95. The molecule has 6 heteroatoms. The highest BCUT2D eigenvalue weighted by molar-refractivity contribution is 6.17. The second-order valence-electron chi connectivity index (χ2n) is 4.43. The Morgan fingerprint density at radius 3 is 2.38 bits per heavy atom. The summed E-state index contributed by atoms with van der Waals surface area (Å²) in [5.41, 5.74) is 6.93. The quantitative estimate of drug-likeness (QED) is 0.739. The van der Waals surface area contributed by atoms with Gasteiger partial charge in [0.2, 0.25) is 5.91 Å². The van der Waals surface area contributed by atoms with Gasteiger partial charge >= 0.3 is 6.03 Å². The molecule has 0 unspecified atom stereocenters. The van der Waals surface area contributed by atoms with Gasteiger partial charge in [0.25, 0.3) is 0 Å². The van der Waals surface area contributed by atoms with Gasteiger partial charge in [-0.15, -0.1) is 0 Å². The summed E-state index contributed by atoms with van der Waals surface area (Å²) in [4.78, 5) is 24.9. The van der Waals surface area contributed by atoms with Gasteiger partial charge in [-0.2, -0.15) is 0 Å². The zero-order chi connectivity index (χ0) is 15.4. The Labute approximate surface area is 121 Å². The number of imide groups is 1. The summed E-state index contributed by atoms with van der Waals surface area (Å²) in [5, 5.41) is 11.9. The predicted octanol–water partition coefficient (Wildman–Crippen LogP) is 2.56. The van der Waals surface area contributed by atoms with Crippen molar-refractivity contribution >= 4 is 29.0 Å². The van der Waals surface area contributed by atoms with Crippen LogP contribution in [0.1, 0.15) is 6.92 Å². The predicted molar refractivity (Wildman–Crippen MR) is 81.1 cm³/mol. The second kappa shape index (κ2) is 5.96. The number of amides is 3. The zero-order valence-electron chi connectivity index (χ0n) is 11.4. The fourth-order valence-electron chi connectivity index (χ4n) is 1.83. The number of benzene rings is 2. The molecule has 0 aromatic heterocycles. The first-order valence-electron chi connectivity index (χ1n) is 6.23. The van der Waals surface area contributed by atoms with Crippen molar-refractivity contribution in [3.63, 3.8) is 0 Å². The number of phenols is 1. The third-order valence-electron chi connectivity index (χ3n) is 2.77. The van der Waals surface area contributed by atoms with E-state index >= 15 is 0 Å². The number of nitrogens with two attached hydrogens (primary N) is 1. The van der Waals surface area contributed by atoms with E-state index < -0.39 is 11.9 Å². The smallest absolute Gasteiger partial charge is 0.333 e. The van der Waals surface area contributed by atoms with Crippen molar-refractivity contribution in [1.29, 1.82) is 0 Å². The van der Waals surface area contributed by atoms with Crippen molar-refractivity contribution < 1.29 is 14.7 Å². The van der Waals surface area contributed by atoms with Gasteiger partial charge in [0.15, 0.2) is 0 Å². The van der Waals surface area contributed by atoms with Gasteiger partial charge in [-0.1, -0.05) is 6.07 Å². The van der Waals surface area contributed by atoms with Crippen molar-refractivity contribution in [3.8, 4) is 5.75 Å². The van der Waals surface area contributed by atoms with E-state index in [2.05, 4.69) is 5.32 Å². The van der Waals surface area contributed by atoms with Crippen molar-refractivity contribution in [2.45, 2.75) is 6.92 Å². The third kappa shape index (κ3) is 3.50. The van der Waals surface area contributed by atoms with E-state index in [1.165, 1.54) is 19.1 Å². The van der Waals surface area contributed by atoms with E-state index in [4.69, 9.17) is 5.73 Å². The van der Waals surface area contributed by atoms with Crippen molar-refractivity contribution in [2.75, 3.05) is 16.0 Å². The molecule has 4 N–H and O–H groups in total. The van der Waals surface area contributed by atoms with Crippen LogP contribution in [0.5, 0.6) is 5.75 Å². The summed E-state index contributed by atoms with van der Waals surface area (Å²) in [6.07, 6.45) is 0. The summed E-state index contributed by atoms with van der Waals surface area (Å²) >= 11 is 0. The largest absolute Gasteiger partial charge is 0.508 e. The molecule has 2 aromatic carbocycles. The maximum atomic E-state index is 12.2. The highest BCUT2D eigenvalue weighted by Gasteiger charge is 2.20. The molecule has 0 atom stereocenters. The molecule has 108 valence electrons. The van der Waals surface area contributed by atoms with Gasteiger partial charge in [-0.05, 0) is 36.4 Å². The molecule has 21 heavy (non-hydrogen) atoms. The van der Waals surface area contributed by atoms with Crippen molar-refractivity contribution in [1.82, 2.24) is 0 Å². The summed E-state index contributed by atoms with van der Waals surface area (Å²) in [5.74, 6) is -0.410. The maximum Gasteiger partial charge on any atom is 0.333 e. The Morgan fingerprint density at radius 2 is 1.81 bits per heavy atom. The molecule has 0 aliphatic carbocycles. The molecule has 0 spiro atoms. The van der Waals surface area contributed by atoms with Crippen LogP contribution in [0.25, 0.3) is 0 Å². The lowest BCUT2D eigenvalue weighted by Gasteiger charge is -2.20. The number of carbonyl (C=O) groups excluding carboxylic acids is 2. The summed E-state index contributed by atoms with van der Waals surface area (Å²) < 4.78 is 0. The van der Waals surface area contributed by atoms with Crippen LogP contribution in [-0.4, -0.2) is 17.0 Å². The van der Waals surface area contributed by atoms with Crippen LogP contribution in [0.3, 0.4) is 0 Å². The van der Waals surface area contributed by atoms with Crippen molar-refractivity contribution in [3.05, 3.63) is 48.5 Å². The second-order valence-corrected chi connectivity index (χ2v) is 4.43. The minimum Gasteiger partial charge on any atom is -0.508 e. The summed E-state index contributed by atoms with van der Waals surface area (Å²) in [6.45, 7) is 1.29. The molecule has 3 amide bonds. The van der Waals surface area contributed by atoms with Crippen LogP contribution in [-0.2, 0) is 4.79 Å². The lowest BCUT2D eigenvalue weighted by molar-refractivity contribution is -0.115. The Morgan fingerprint density at radius 1 is 1.14 bits per heavy atom. The summed E-state index contributed by atoms with van der Waals surface area (Å²) in [7, 11) is 0. The SMILES string of the molecule is CC(=O)N(C(=O)Nc1cccc(O)c1)c1ccc(N)cc1. The van der Waals surface area contributed by atoms with Gasteiger partial charge in [0.05, 0.1) is 5.69 Å². The number of anilines is 3. The molecule has 2 rings (SSSR count). The maximum absolute atomic E-state index is 12.2. The fraction of sp³-hybridized carbons (Fsp3) is 0.0667. The number of nitrogens with zero attached hydrogens (tertiary/aromatic N) is 1. The fourth-order valence-corrected chi connectivity index (χ4v) is 1.83. The van der Waals surface area contributed by atoms with Gasteiger partial charge in [-0.3, -0.25) is 4.79 Å².